The minimum atomic E-state index is 0.709. The van der Waals surface area contributed by atoms with Crippen molar-refractivity contribution in [1.82, 2.24) is 4.98 Å². The average molecular weight is 286 g/mol. The Hall–Kier alpha value is -0.570. The topological polar surface area (TPSA) is 22.1 Å². The van der Waals surface area contributed by atoms with E-state index in [0.717, 1.165) is 23.1 Å². The summed E-state index contributed by atoms with van der Waals surface area (Å²) in [5.74, 6) is 0.709. The third kappa shape index (κ3) is 4.97. The summed E-state index contributed by atoms with van der Waals surface area (Å²) < 4.78 is 6.56. The van der Waals surface area contributed by atoms with Crippen molar-refractivity contribution in [3.63, 3.8) is 0 Å². The van der Waals surface area contributed by atoms with Crippen molar-refractivity contribution in [3.05, 3.63) is 22.3 Å². The highest BCUT2D eigenvalue weighted by molar-refractivity contribution is 9.10. The van der Waals surface area contributed by atoms with Gasteiger partial charge in [0, 0.05) is 6.20 Å². The molecule has 0 spiro atoms. The molecular weight excluding hydrogens is 266 g/mol. The second kappa shape index (κ2) is 7.66. The summed E-state index contributed by atoms with van der Waals surface area (Å²) in [4.78, 5) is 4.24. The second-order valence-corrected chi connectivity index (χ2v) is 4.92. The Labute approximate surface area is 107 Å². The van der Waals surface area contributed by atoms with Gasteiger partial charge in [0.05, 0.1) is 11.1 Å². The van der Waals surface area contributed by atoms with Crippen molar-refractivity contribution < 1.29 is 4.74 Å². The Morgan fingerprint density at radius 2 is 2.00 bits per heavy atom. The Kier molecular flexibility index (Phi) is 6.46. The van der Waals surface area contributed by atoms with Crippen LogP contribution >= 0.6 is 15.9 Å². The van der Waals surface area contributed by atoms with E-state index in [9.17, 15) is 0 Å². The minimum absolute atomic E-state index is 0.709. The Morgan fingerprint density at radius 1 is 1.25 bits per heavy atom. The molecule has 0 fully saturated rings. The van der Waals surface area contributed by atoms with Crippen LogP contribution in [-0.4, -0.2) is 11.6 Å². The molecule has 16 heavy (non-hydrogen) atoms. The maximum Gasteiger partial charge on any atom is 0.227 e. The maximum atomic E-state index is 5.61. The zero-order valence-corrected chi connectivity index (χ0v) is 11.7. The van der Waals surface area contributed by atoms with Crippen LogP contribution in [0.3, 0.4) is 0 Å². The molecule has 0 saturated carbocycles. The zero-order chi connectivity index (χ0) is 11.8. The highest BCUT2D eigenvalue weighted by atomic mass is 79.9. The lowest BCUT2D eigenvalue weighted by molar-refractivity contribution is 0.291. The summed E-state index contributed by atoms with van der Waals surface area (Å²) in [6, 6.07) is 2.03. The van der Waals surface area contributed by atoms with Gasteiger partial charge in [-0.1, -0.05) is 32.6 Å². The number of aromatic nitrogens is 1. The van der Waals surface area contributed by atoms with E-state index in [4.69, 9.17) is 4.74 Å². The molecule has 0 bridgehead atoms. The van der Waals surface area contributed by atoms with Crippen LogP contribution in [-0.2, 0) is 0 Å². The van der Waals surface area contributed by atoms with Gasteiger partial charge in [0.2, 0.25) is 5.88 Å². The monoisotopic (exact) mass is 285 g/mol. The van der Waals surface area contributed by atoms with Crippen LogP contribution in [0.5, 0.6) is 5.88 Å². The van der Waals surface area contributed by atoms with Crippen molar-refractivity contribution >= 4 is 15.9 Å². The van der Waals surface area contributed by atoms with Gasteiger partial charge < -0.3 is 4.74 Å². The lowest BCUT2D eigenvalue weighted by atomic mass is 10.2. The first-order chi connectivity index (χ1) is 7.74. The summed E-state index contributed by atoms with van der Waals surface area (Å²) in [5, 5.41) is 0. The lowest BCUT2D eigenvalue weighted by Crippen LogP contribution is -2.00. The summed E-state index contributed by atoms with van der Waals surface area (Å²) in [6.07, 6.45) is 8.11. The fraction of sp³-hybridized carbons (Fsp3) is 0.615. The van der Waals surface area contributed by atoms with E-state index >= 15 is 0 Å². The van der Waals surface area contributed by atoms with Gasteiger partial charge in [0.1, 0.15) is 0 Å². The number of aryl methyl sites for hydroxylation is 1. The molecule has 0 aromatic carbocycles. The third-order valence-corrected chi connectivity index (χ3v) is 3.00. The van der Waals surface area contributed by atoms with E-state index in [1.807, 2.05) is 19.2 Å². The normalized spacial score (nSPS) is 10.4. The number of unbranched alkanes of at least 4 members (excludes halogenated alkanes) is 4. The minimum Gasteiger partial charge on any atom is -0.477 e. The number of pyridine rings is 1. The van der Waals surface area contributed by atoms with Gasteiger partial charge in [-0.3, -0.25) is 0 Å². The molecule has 1 aromatic heterocycles. The molecule has 0 amide bonds. The number of rotatable bonds is 7. The number of nitrogens with zero attached hydrogens (tertiary/aromatic N) is 1. The molecule has 0 radical (unpaired) electrons. The largest absolute Gasteiger partial charge is 0.477 e. The Bertz CT molecular complexity index is 315. The van der Waals surface area contributed by atoms with E-state index in [1.54, 1.807) is 0 Å². The van der Waals surface area contributed by atoms with Crippen LogP contribution in [0.4, 0.5) is 0 Å². The van der Waals surface area contributed by atoms with Crippen LogP contribution in [0.15, 0.2) is 16.7 Å². The average Bonchev–Trinajstić information content (AvgIpc) is 2.26. The molecule has 0 N–H and O–H groups in total. The van der Waals surface area contributed by atoms with E-state index < -0.39 is 0 Å². The van der Waals surface area contributed by atoms with Crippen molar-refractivity contribution in [2.24, 2.45) is 0 Å². The van der Waals surface area contributed by atoms with Crippen molar-refractivity contribution in [3.8, 4) is 5.88 Å². The van der Waals surface area contributed by atoms with Crippen molar-refractivity contribution in [2.45, 2.75) is 46.0 Å². The van der Waals surface area contributed by atoms with Gasteiger partial charge in [-0.15, -0.1) is 0 Å². The zero-order valence-electron chi connectivity index (χ0n) is 10.1. The molecule has 2 nitrogen and oxygen atoms in total. The molecule has 1 aromatic rings. The molecule has 0 unspecified atom stereocenters. The van der Waals surface area contributed by atoms with Crippen molar-refractivity contribution in [2.75, 3.05) is 6.61 Å². The van der Waals surface area contributed by atoms with Gasteiger partial charge in [-0.2, -0.15) is 0 Å². The van der Waals surface area contributed by atoms with E-state index in [2.05, 4.69) is 27.8 Å². The Morgan fingerprint density at radius 3 is 2.69 bits per heavy atom. The van der Waals surface area contributed by atoms with Gasteiger partial charge >= 0.3 is 0 Å². The summed E-state index contributed by atoms with van der Waals surface area (Å²) in [7, 11) is 0. The number of halogens is 1. The number of hydrogen-bond donors (Lipinski definition) is 0. The molecule has 0 aliphatic heterocycles. The van der Waals surface area contributed by atoms with Crippen LogP contribution in [0.25, 0.3) is 0 Å². The van der Waals surface area contributed by atoms with Crippen molar-refractivity contribution in [1.29, 1.82) is 0 Å². The Balaban J connectivity index is 2.21. The van der Waals surface area contributed by atoms with Crippen LogP contribution in [0, 0.1) is 6.92 Å². The third-order valence-electron chi connectivity index (χ3n) is 2.43. The first-order valence-corrected chi connectivity index (χ1v) is 6.78. The smallest absolute Gasteiger partial charge is 0.227 e. The van der Waals surface area contributed by atoms with Crippen LogP contribution in [0.2, 0.25) is 0 Å². The summed E-state index contributed by atoms with van der Waals surface area (Å²) >= 11 is 3.45. The predicted octanol–water partition coefficient (Wildman–Crippen LogP) is 4.50. The molecule has 0 saturated heterocycles. The molecule has 1 heterocycles. The molecule has 1 rings (SSSR count). The van der Waals surface area contributed by atoms with Crippen LogP contribution < -0.4 is 4.74 Å². The van der Waals surface area contributed by atoms with Gasteiger partial charge in [0.25, 0.3) is 0 Å². The van der Waals surface area contributed by atoms with E-state index in [-0.39, 0.29) is 0 Å². The number of hydrogen-bond acceptors (Lipinski definition) is 2. The van der Waals surface area contributed by atoms with Gasteiger partial charge in [-0.25, -0.2) is 4.98 Å². The molecule has 3 heteroatoms. The fourth-order valence-electron chi connectivity index (χ4n) is 1.50. The predicted molar refractivity (Wildman–Crippen MR) is 70.9 cm³/mol. The van der Waals surface area contributed by atoms with Crippen LogP contribution in [0.1, 0.15) is 44.6 Å². The first kappa shape index (κ1) is 13.5. The molecule has 0 aliphatic carbocycles. The van der Waals surface area contributed by atoms with Gasteiger partial charge in [0.15, 0.2) is 0 Å². The summed E-state index contributed by atoms with van der Waals surface area (Å²) in [6.45, 7) is 5.01. The van der Waals surface area contributed by atoms with E-state index in [0.29, 0.717) is 5.88 Å². The molecule has 0 atom stereocenters. The summed E-state index contributed by atoms with van der Waals surface area (Å²) in [5.41, 5.74) is 1.14. The molecular formula is C13H20BrNO. The standard InChI is InChI=1S/C13H20BrNO/c1-3-4-5-6-7-8-16-13-12(14)9-11(2)10-15-13/h9-10H,3-8H2,1-2H3. The fourth-order valence-corrected chi connectivity index (χ4v) is 2.08. The quantitative estimate of drug-likeness (QED) is 0.688. The molecule has 0 aliphatic rings. The highest BCUT2D eigenvalue weighted by Crippen LogP contribution is 2.22. The van der Waals surface area contributed by atoms with E-state index in [1.165, 1.54) is 25.7 Å². The first-order valence-electron chi connectivity index (χ1n) is 5.99. The highest BCUT2D eigenvalue weighted by Gasteiger charge is 2.02. The van der Waals surface area contributed by atoms with Gasteiger partial charge in [-0.05, 0) is 40.9 Å². The maximum absolute atomic E-state index is 5.61. The second-order valence-electron chi connectivity index (χ2n) is 4.06. The lowest BCUT2D eigenvalue weighted by Gasteiger charge is -2.07. The SMILES string of the molecule is CCCCCCCOc1ncc(C)cc1Br. The number of ether oxygens (including phenoxy) is 1. The molecule has 90 valence electrons.